The normalized spacial score (nSPS) is 15.3. The smallest absolute Gasteiger partial charge is 0.243 e. The number of aromatic nitrogens is 2. The Balaban J connectivity index is 1.83. The number of hydrogen-bond acceptors (Lipinski definition) is 4. The fraction of sp³-hybridized carbons (Fsp3) is 0.474. The highest BCUT2D eigenvalue weighted by atomic mass is 35.5. The number of carbonyl (C=O) groups is 1. The number of sulfonamides is 1. The summed E-state index contributed by atoms with van der Waals surface area (Å²) in [6.07, 6.45) is 5.26. The molecule has 1 aromatic heterocycles. The van der Waals surface area contributed by atoms with E-state index in [4.69, 9.17) is 11.6 Å². The van der Waals surface area contributed by atoms with Crippen LogP contribution in [0.1, 0.15) is 54.5 Å². The van der Waals surface area contributed by atoms with Crippen LogP contribution in [0.3, 0.4) is 0 Å². The average Bonchev–Trinajstić information content (AvgIpc) is 3.29. The summed E-state index contributed by atoms with van der Waals surface area (Å²) >= 11 is 6.11. The third-order valence-electron chi connectivity index (χ3n) is 4.87. The van der Waals surface area contributed by atoms with Gasteiger partial charge in [-0.25, -0.2) is 13.4 Å². The average molecular weight is 410 g/mol. The minimum absolute atomic E-state index is 0.212. The predicted molar refractivity (Wildman–Crippen MR) is 105 cm³/mol. The minimum atomic E-state index is -3.42. The van der Waals surface area contributed by atoms with Crippen molar-refractivity contribution in [1.82, 2.24) is 13.9 Å². The molecule has 0 unspecified atom stereocenters. The largest absolute Gasteiger partial charge is 0.320 e. The topological polar surface area (TPSA) is 72.3 Å². The Morgan fingerprint density at radius 2 is 1.85 bits per heavy atom. The molecule has 6 nitrogen and oxygen atoms in total. The summed E-state index contributed by atoms with van der Waals surface area (Å²) in [7, 11) is -3.42. The van der Waals surface area contributed by atoms with Gasteiger partial charge in [-0.15, -0.1) is 0 Å². The maximum Gasteiger partial charge on any atom is 0.243 e. The van der Waals surface area contributed by atoms with Gasteiger partial charge < -0.3 is 4.57 Å². The monoisotopic (exact) mass is 409 g/mol. The molecule has 8 heteroatoms. The molecule has 1 saturated heterocycles. The van der Waals surface area contributed by atoms with Crippen molar-refractivity contribution in [2.75, 3.05) is 13.1 Å². The number of halogens is 1. The zero-order valence-corrected chi connectivity index (χ0v) is 17.0. The van der Waals surface area contributed by atoms with Crippen LogP contribution in [0.15, 0.2) is 29.2 Å². The van der Waals surface area contributed by atoms with Crippen molar-refractivity contribution in [3.8, 4) is 0 Å². The Morgan fingerprint density at radius 1 is 1.19 bits per heavy atom. The molecule has 2 heterocycles. The lowest BCUT2D eigenvalue weighted by Crippen LogP contribution is -2.27. The van der Waals surface area contributed by atoms with E-state index in [0.717, 1.165) is 49.8 Å². The lowest BCUT2D eigenvalue weighted by Gasteiger charge is -2.16. The van der Waals surface area contributed by atoms with E-state index in [1.807, 2.05) is 4.57 Å². The van der Waals surface area contributed by atoms with Gasteiger partial charge in [0.1, 0.15) is 11.5 Å². The van der Waals surface area contributed by atoms with Crippen LogP contribution in [0.4, 0.5) is 0 Å². The maximum absolute atomic E-state index is 12.6. The van der Waals surface area contributed by atoms with Gasteiger partial charge in [0.05, 0.1) is 4.90 Å². The Hall–Kier alpha value is -1.70. The number of hydrogen-bond donors (Lipinski definition) is 0. The lowest BCUT2D eigenvalue weighted by atomic mass is 10.2. The van der Waals surface area contributed by atoms with Gasteiger partial charge in [-0.3, -0.25) is 4.79 Å². The summed E-state index contributed by atoms with van der Waals surface area (Å²) in [5, 5.41) is 0.212. The molecule has 0 atom stereocenters. The van der Waals surface area contributed by atoms with Gasteiger partial charge in [0.15, 0.2) is 11.4 Å². The van der Waals surface area contributed by atoms with Crippen molar-refractivity contribution >= 4 is 27.9 Å². The molecule has 3 rings (SSSR count). The van der Waals surface area contributed by atoms with E-state index in [-0.39, 0.29) is 5.15 Å². The second kappa shape index (κ2) is 8.54. The molecule has 27 heavy (non-hydrogen) atoms. The Labute approximate surface area is 165 Å². The summed E-state index contributed by atoms with van der Waals surface area (Å²) in [6, 6.07) is 6.84. The lowest BCUT2D eigenvalue weighted by molar-refractivity contribution is 0.111. The minimum Gasteiger partial charge on any atom is -0.320 e. The third-order valence-corrected chi connectivity index (χ3v) is 7.06. The van der Waals surface area contributed by atoms with Crippen LogP contribution in [0, 0.1) is 0 Å². The van der Waals surface area contributed by atoms with E-state index in [1.165, 1.54) is 4.31 Å². The van der Waals surface area contributed by atoms with Gasteiger partial charge in [-0.05, 0) is 37.0 Å². The molecule has 1 aromatic carbocycles. The molecular formula is C19H24ClN3O3S. The van der Waals surface area contributed by atoms with Crippen LogP contribution in [-0.4, -0.2) is 41.6 Å². The fourth-order valence-electron chi connectivity index (χ4n) is 3.32. The first kappa shape index (κ1) is 20.0. The molecule has 0 amide bonds. The second-order valence-electron chi connectivity index (χ2n) is 6.77. The van der Waals surface area contributed by atoms with Gasteiger partial charge in [0, 0.05) is 26.1 Å². The number of aryl methyl sites for hydroxylation is 1. The quantitative estimate of drug-likeness (QED) is 0.625. The Kier molecular flexibility index (Phi) is 6.34. The fourth-order valence-corrected chi connectivity index (χ4v) is 5.08. The standard InChI is InChI=1S/C19H24ClN3O3S/c1-2-3-6-18-21-19(20)17(14-24)23(18)13-15-7-9-16(10-8-15)27(25,26)22-11-4-5-12-22/h7-10,14H,2-6,11-13H2,1H3. The number of carbonyl (C=O) groups excluding carboxylic acids is 1. The number of imidazole rings is 1. The number of rotatable bonds is 8. The Bertz CT molecular complexity index is 901. The first-order valence-corrected chi connectivity index (χ1v) is 11.1. The molecule has 0 saturated carbocycles. The van der Waals surface area contributed by atoms with Crippen LogP contribution >= 0.6 is 11.6 Å². The SMILES string of the molecule is CCCCc1nc(Cl)c(C=O)n1Cc1ccc(S(=O)(=O)N2CCCC2)cc1. The molecule has 146 valence electrons. The van der Waals surface area contributed by atoms with E-state index >= 15 is 0 Å². The predicted octanol–water partition coefficient (Wildman–Crippen LogP) is 3.52. The first-order chi connectivity index (χ1) is 13.0. The van der Waals surface area contributed by atoms with Crippen molar-refractivity contribution in [2.45, 2.75) is 50.5 Å². The molecule has 0 radical (unpaired) electrons. The van der Waals surface area contributed by atoms with Gasteiger partial charge in [0.2, 0.25) is 10.0 Å². The summed E-state index contributed by atoms with van der Waals surface area (Å²) in [4.78, 5) is 16.1. The summed E-state index contributed by atoms with van der Waals surface area (Å²) in [5.74, 6) is 0.776. The number of unbranched alkanes of at least 4 members (excludes halogenated alkanes) is 1. The summed E-state index contributed by atoms with van der Waals surface area (Å²) < 4.78 is 28.6. The number of aldehydes is 1. The molecular weight excluding hydrogens is 386 g/mol. The maximum atomic E-state index is 12.6. The molecule has 2 aromatic rings. The van der Waals surface area contributed by atoms with Crippen LogP contribution in [0.2, 0.25) is 5.15 Å². The van der Waals surface area contributed by atoms with Crippen molar-refractivity contribution in [2.24, 2.45) is 0 Å². The highest BCUT2D eigenvalue weighted by molar-refractivity contribution is 7.89. The van der Waals surface area contributed by atoms with Gasteiger partial charge in [0.25, 0.3) is 0 Å². The van der Waals surface area contributed by atoms with E-state index in [2.05, 4.69) is 11.9 Å². The van der Waals surface area contributed by atoms with E-state index in [1.54, 1.807) is 24.3 Å². The highest BCUT2D eigenvalue weighted by Gasteiger charge is 2.27. The van der Waals surface area contributed by atoms with Gasteiger partial charge in [-0.2, -0.15) is 4.31 Å². The summed E-state index contributed by atoms with van der Waals surface area (Å²) in [6.45, 7) is 3.69. The van der Waals surface area contributed by atoms with Crippen LogP contribution in [0.5, 0.6) is 0 Å². The zero-order chi connectivity index (χ0) is 19.4. The number of benzene rings is 1. The molecule has 1 aliphatic heterocycles. The van der Waals surface area contributed by atoms with Crippen LogP contribution in [0.25, 0.3) is 0 Å². The zero-order valence-electron chi connectivity index (χ0n) is 15.4. The Morgan fingerprint density at radius 3 is 2.44 bits per heavy atom. The molecule has 0 spiro atoms. The van der Waals surface area contributed by atoms with Crippen molar-refractivity contribution in [1.29, 1.82) is 0 Å². The molecule has 1 fully saturated rings. The van der Waals surface area contributed by atoms with Crippen molar-refractivity contribution < 1.29 is 13.2 Å². The number of nitrogens with zero attached hydrogens (tertiary/aromatic N) is 3. The van der Waals surface area contributed by atoms with Crippen LogP contribution < -0.4 is 0 Å². The highest BCUT2D eigenvalue weighted by Crippen LogP contribution is 2.23. The van der Waals surface area contributed by atoms with E-state index in [9.17, 15) is 13.2 Å². The molecule has 0 bridgehead atoms. The summed E-state index contributed by atoms with van der Waals surface area (Å²) in [5.41, 5.74) is 1.25. The molecule has 0 aliphatic carbocycles. The van der Waals surface area contributed by atoms with Gasteiger partial charge >= 0.3 is 0 Å². The van der Waals surface area contributed by atoms with Crippen LogP contribution in [-0.2, 0) is 23.0 Å². The van der Waals surface area contributed by atoms with E-state index < -0.39 is 10.0 Å². The molecule has 1 aliphatic rings. The molecule has 0 N–H and O–H groups in total. The van der Waals surface area contributed by atoms with E-state index in [0.29, 0.717) is 30.2 Å². The van der Waals surface area contributed by atoms with Crippen molar-refractivity contribution in [3.63, 3.8) is 0 Å². The first-order valence-electron chi connectivity index (χ1n) is 9.26. The third kappa shape index (κ3) is 4.25. The van der Waals surface area contributed by atoms with Crippen molar-refractivity contribution in [3.05, 3.63) is 46.5 Å². The van der Waals surface area contributed by atoms with Gasteiger partial charge in [-0.1, -0.05) is 37.1 Å². The second-order valence-corrected chi connectivity index (χ2v) is 9.06.